The summed E-state index contributed by atoms with van der Waals surface area (Å²) in [7, 11) is 0. The summed E-state index contributed by atoms with van der Waals surface area (Å²) in [6.45, 7) is 0. The van der Waals surface area contributed by atoms with Gasteiger partial charge in [-0.1, -0.05) is 72.2 Å². The molecule has 0 heterocycles. The van der Waals surface area contributed by atoms with Gasteiger partial charge in [0.15, 0.2) is 0 Å². The summed E-state index contributed by atoms with van der Waals surface area (Å²) in [5.74, 6) is 12.7. The van der Waals surface area contributed by atoms with Crippen molar-refractivity contribution < 1.29 is 26.3 Å². The van der Waals surface area contributed by atoms with E-state index < -0.39 is 23.5 Å². The Morgan fingerprint density at radius 3 is 0.891 bits per heavy atom. The molecule has 0 amide bonds. The number of rotatable bonds is 0. The summed E-state index contributed by atoms with van der Waals surface area (Å²) < 4.78 is 78.9. The van der Waals surface area contributed by atoms with Crippen LogP contribution < -0.4 is 0 Å². The Bertz CT molecular complexity index is 2160. The molecule has 0 aliphatic rings. The van der Waals surface area contributed by atoms with Crippen molar-refractivity contribution in [1.82, 2.24) is 0 Å². The topological polar surface area (TPSA) is 0 Å². The van der Waals surface area contributed by atoms with Gasteiger partial charge in [0.25, 0.3) is 0 Å². The van der Waals surface area contributed by atoms with Crippen LogP contribution >= 0.6 is 0 Å². The van der Waals surface area contributed by atoms with Crippen LogP contribution in [0.25, 0.3) is 43.1 Å². The average molecular weight is 615 g/mol. The molecule has 0 saturated heterocycles. The molecule has 0 aliphatic heterocycles. The van der Waals surface area contributed by atoms with E-state index in [4.69, 9.17) is 0 Å². The third-order valence-corrected chi connectivity index (χ3v) is 7.94. The van der Waals surface area contributed by atoms with E-state index in [1.807, 2.05) is 72.8 Å². The Balaban J connectivity index is 1.52. The third-order valence-electron chi connectivity index (χ3n) is 7.94. The second kappa shape index (κ2) is 11.0. The van der Waals surface area contributed by atoms with Gasteiger partial charge in [0.1, 0.15) is 0 Å². The van der Waals surface area contributed by atoms with Crippen molar-refractivity contribution in [2.75, 3.05) is 0 Å². The smallest absolute Gasteiger partial charge is 0.166 e. The number of alkyl halides is 6. The molecule has 0 saturated carbocycles. The summed E-state index contributed by atoms with van der Waals surface area (Å²) >= 11 is 0. The van der Waals surface area contributed by atoms with Crippen molar-refractivity contribution in [3.8, 4) is 23.7 Å². The molecule has 0 atom stereocenters. The first kappa shape index (κ1) is 29.0. The number of hydrogen-bond acceptors (Lipinski definition) is 0. The monoisotopic (exact) mass is 614 g/mol. The van der Waals surface area contributed by atoms with Gasteiger partial charge in [0.2, 0.25) is 0 Å². The van der Waals surface area contributed by atoms with E-state index in [1.54, 1.807) is 0 Å². The first-order valence-electron chi connectivity index (χ1n) is 14.2. The SMILES string of the molecule is FC(F)(F)c1ccc(C#Cc2c3cc4ccccc4cc3c(C#Cc3ccc(C(F)(F)F)cc3)c3cc4ccccc4cc23)cc1. The molecule has 6 heteroatoms. The molecule has 222 valence electrons. The Hall–Kier alpha value is -5.72. The molecule has 0 N–H and O–H groups in total. The molecule has 0 bridgehead atoms. The number of benzene rings is 7. The predicted octanol–water partition coefficient (Wildman–Crippen LogP) is 11.1. The van der Waals surface area contributed by atoms with Gasteiger partial charge in [-0.05, 0) is 116 Å². The second-order valence-electron chi connectivity index (χ2n) is 10.9. The normalized spacial score (nSPS) is 11.8. The van der Waals surface area contributed by atoms with Crippen molar-refractivity contribution in [2.24, 2.45) is 0 Å². The van der Waals surface area contributed by atoms with Gasteiger partial charge in [-0.25, -0.2) is 0 Å². The molecule has 46 heavy (non-hydrogen) atoms. The fraction of sp³-hybridized carbons (Fsp3) is 0.0500. The summed E-state index contributed by atoms with van der Waals surface area (Å²) in [5, 5.41) is 7.08. The highest BCUT2D eigenvalue weighted by Crippen LogP contribution is 2.37. The largest absolute Gasteiger partial charge is 0.416 e. The van der Waals surface area contributed by atoms with Crippen LogP contribution in [0.3, 0.4) is 0 Å². The van der Waals surface area contributed by atoms with Crippen LogP contribution in [0.5, 0.6) is 0 Å². The van der Waals surface area contributed by atoms with Crippen LogP contribution in [-0.2, 0) is 12.4 Å². The maximum atomic E-state index is 13.2. The average Bonchev–Trinajstić information content (AvgIpc) is 3.04. The maximum absolute atomic E-state index is 13.2. The van der Waals surface area contributed by atoms with E-state index in [9.17, 15) is 26.3 Å². The highest BCUT2D eigenvalue weighted by Gasteiger charge is 2.30. The zero-order chi connectivity index (χ0) is 32.1. The Labute approximate surface area is 259 Å². The molecular formula is C40H20F6. The van der Waals surface area contributed by atoms with E-state index in [1.165, 1.54) is 24.3 Å². The van der Waals surface area contributed by atoms with Crippen LogP contribution in [0.1, 0.15) is 33.4 Å². The van der Waals surface area contributed by atoms with Gasteiger partial charge in [-0.2, -0.15) is 26.3 Å². The number of halogens is 6. The molecule has 0 radical (unpaired) electrons. The predicted molar refractivity (Wildman–Crippen MR) is 171 cm³/mol. The van der Waals surface area contributed by atoms with Gasteiger partial charge in [0.05, 0.1) is 11.1 Å². The van der Waals surface area contributed by atoms with Crippen LogP contribution in [0.15, 0.2) is 121 Å². The van der Waals surface area contributed by atoms with Crippen molar-refractivity contribution in [2.45, 2.75) is 12.4 Å². The fourth-order valence-electron chi connectivity index (χ4n) is 5.62. The Kier molecular flexibility index (Phi) is 6.95. The quantitative estimate of drug-likeness (QED) is 0.0906. The molecule has 0 spiro atoms. The van der Waals surface area contributed by atoms with Gasteiger partial charge in [0, 0.05) is 22.3 Å². The van der Waals surface area contributed by atoms with Crippen LogP contribution in [-0.4, -0.2) is 0 Å². The lowest BCUT2D eigenvalue weighted by Crippen LogP contribution is -2.04. The third kappa shape index (κ3) is 5.51. The lowest BCUT2D eigenvalue weighted by molar-refractivity contribution is -0.138. The minimum absolute atomic E-state index is 0.432. The van der Waals surface area contributed by atoms with E-state index in [0.717, 1.165) is 67.4 Å². The number of hydrogen-bond donors (Lipinski definition) is 0. The van der Waals surface area contributed by atoms with Crippen molar-refractivity contribution in [1.29, 1.82) is 0 Å². The lowest BCUT2D eigenvalue weighted by atomic mass is 9.88. The maximum Gasteiger partial charge on any atom is 0.416 e. The van der Waals surface area contributed by atoms with Crippen molar-refractivity contribution in [3.05, 3.63) is 155 Å². The molecule has 0 fully saturated rings. The molecule has 7 rings (SSSR count). The molecule has 0 aliphatic carbocycles. The number of fused-ring (bicyclic) bond motifs is 4. The minimum Gasteiger partial charge on any atom is -0.166 e. The van der Waals surface area contributed by atoms with Gasteiger partial charge in [-0.3, -0.25) is 0 Å². The summed E-state index contributed by atoms with van der Waals surface area (Å²) in [4.78, 5) is 0. The van der Waals surface area contributed by atoms with E-state index in [2.05, 4.69) is 23.7 Å². The van der Waals surface area contributed by atoms with Gasteiger partial charge in [-0.15, -0.1) is 0 Å². The zero-order valence-corrected chi connectivity index (χ0v) is 23.8. The molecule has 0 nitrogen and oxygen atoms in total. The van der Waals surface area contributed by atoms with Crippen LogP contribution in [0.4, 0.5) is 26.3 Å². The summed E-state index contributed by atoms with van der Waals surface area (Å²) in [5.41, 5.74) is 0.762. The Morgan fingerprint density at radius 2 is 0.630 bits per heavy atom. The second-order valence-corrected chi connectivity index (χ2v) is 10.9. The minimum atomic E-state index is -4.45. The first-order chi connectivity index (χ1) is 22.0. The summed E-state index contributed by atoms with van der Waals surface area (Å²) in [6.07, 6.45) is -8.89. The molecular weight excluding hydrogens is 594 g/mol. The standard InChI is InChI=1S/C40H20F6/c41-39(42,43)31-15-9-25(10-16-31)13-19-33-35-21-27-5-1-2-6-28(27)22-36(35)34(20-14-26-11-17-32(18-12-26)40(44,45)46)38-24-30-8-4-3-7-29(30)23-37(33)38/h1-12,15-18,21-24H. The summed E-state index contributed by atoms with van der Waals surface area (Å²) in [6, 6.07) is 33.3. The van der Waals surface area contributed by atoms with E-state index in [0.29, 0.717) is 22.3 Å². The highest BCUT2D eigenvalue weighted by atomic mass is 19.4. The van der Waals surface area contributed by atoms with E-state index >= 15 is 0 Å². The molecule has 7 aromatic rings. The Morgan fingerprint density at radius 1 is 0.348 bits per heavy atom. The lowest BCUT2D eigenvalue weighted by Gasteiger charge is -2.14. The van der Waals surface area contributed by atoms with E-state index in [-0.39, 0.29) is 0 Å². The van der Waals surface area contributed by atoms with Crippen molar-refractivity contribution >= 4 is 43.1 Å². The van der Waals surface area contributed by atoms with Crippen molar-refractivity contribution in [3.63, 3.8) is 0 Å². The zero-order valence-electron chi connectivity index (χ0n) is 23.8. The van der Waals surface area contributed by atoms with Crippen LogP contribution in [0.2, 0.25) is 0 Å². The highest BCUT2D eigenvalue weighted by molar-refractivity contribution is 6.16. The van der Waals surface area contributed by atoms with Gasteiger partial charge >= 0.3 is 12.4 Å². The molecule has 7 aromatic carbocycles. The van der Waals surface area contributed by atoms with Gasteiger partial charge < -0.3 is 0 Å². The molecule has 0 aromatic heterocycles. The van der Waals surface area contributed by atoms with Crippen LogP contribution in [0, 0.1) is 23.7 Å². The molecule has 0 unspecified atom stereocenters. The fourth-order valence-corrected chi connectivity index (χ4v) is 5.62. The first-order valence-corrected chi connectivity index (χ1v) is 14.2.